The molecule has 2 aromatic rings. The Morgan fingerprint density at radius 3 is 2.64 bits per heavy atom. The number of oxazole rings is 1. The largest absolute Gasteiger partial charge is 0.439 e. The van der Waals surface area contributed by atoms with Gasteiger partial charge < -0.3 is 20.0 Å². The number of piperidine rings is 1. The molecule has 0 spiro atoms. The summed E-state index contributed by atoms with van der Waals surface area (Å²) in [6, 6.07) is 8.20. The zero-order valence-corrected chi connectivity index (χ0v) is 16.9. The molecule has 1 amide bonds. The molecule has 1 aromatic carbocycles. The van der Waals surface area contributed by atoms with Crippen LogP contribution in [0.1, 0.15) is 30.7 Å². The van der Waals surface area contributed by atoms with Gasteiger partial charge in [-0.3, -0.25) is 9.79 Å². The Balaban J connectivity index is 1.51. The summed E-state index contributed by atoms with van der Waals surface area (Å²) >= 11 is 0. The highest BCUT2D eigenvalue weighted by atomic mass is 16.4. The van der Waals surface area contributed by atoms with E-state index in [2.05, 4.69) is 44.6 Å². The number of amides is 1. The number of nitrogens with one attached hydrogen (secondary N) is 2. The first-order chi connectivity index (χ1) is 13.6. The standard InChI is InChI=1S/C21H29N5O2/c1-15-4-6-17(7-5-15)18-13-24-20(28-18)14-25-21(23-3)26-10-8-16(9-11-26)12-19(27)22-2/h4-7,13,16H,8-12,14H2,1-3H3,(H,22,27)(H,23,25). The van der Waals surface area contributed by atoms with Crippen LogP contribution in [0.25, 0.3) is 11.3 Å². The SMILES string of the molecule is CN=C(NCc1ncc(-c2ccc(C)cc2)o1)N1CCC(CC(=O)NC)CC1. The highest BCUT2D eigenvalue weighted by Gasteiger charge is 2.23. The first kappa shape index (κ1) is 19.9. The lowest BCUT2D eigenvalue weighted by Crippen LogP contribution is -2.45. The molecule has 0 radical (unpaired) electrons. The van der Waals surface area contributed by atoms with Gasteiger partial charge in [-0.1, -0.05) is 29.8 Å². The third kappa shape index (κ3) is 5.12. The number of hydrogen-bond acceptors (Lipinski definition) is 4. The quantitative estimate of drug-likeness (QED) is 0.613. The molecule has 1 aliphatic heterocycles. The van der Waals surface area contributed by atoms with E-state index in [4.69, 9.17) is 4.42 Å². The molecule has 0 saturated carbocycles. The zero-order chi connectivity index (χ0) is 19.9. The smallest absolute Gasteiger partial charge is 0.220 e. The van der Waals surface area contributed by atoms with Gasteiger partial charge in [-0.2, -0.15) is 0 Å². The maximum atomic E-state index is 11.6. The Labute approximate surface area is 166 Å². The summed E-state index contributed by atoms with van der Waals surface area (Å²) in [6.45, 7) is 4.33. The molecular weight excluding hydrogens is 354 g/mol. The monoisotopic (exact) mass is 383 g/mol. The molecule has 1 aromatic heterocycles. The highest BCUT2D eigenvalue weighted by molar-refractivity contribution is 5.80. The van der Waals surface area contributed by atoms with Crippen molar-refractivity contribution in [2.24, 2.45) is 10.9 Å². The summed E-state index contributed by atoms with van der Waals surface area (Å²) in [6.07, 6.45) is 4.35. The molecule has 7 heteroatoms. The van der Waals surface area contributed by atoms with E-state index in [9.17, 15) is 4.79 Å². The van der Waals surface area contributed by atoms with Gasteiger partial charge in [0.05, 0.1) is 12.7 Å². The number of nitrogens with zero attached hydrogens (tertiary/aromatic N) is 3. The van der Waals surface area contributed by atoms with Crippen molar-refractivity contribution in [3.8, 4) is 11.3 Å². The number of aromatic nitrogens is 1. The van der Waals surface area contributed by atoms with Crippen molar-refractivity contribution in [3.05, 3.63) is 41.9 Å². The number of rotatable bonds is 5. The fourth-order valence-electron chi connectivity index (χ4n) is 3.44. The second kappa shape index (κ2) is 9.39. The van der Waals surface area contributed by atoms with E-state index in [0.29, 0.717) is 24.8 Å². The maximum Gasteiger partial charge on any atom is 0.220 e. The third-order valence-corrected chi connectivity index (χ3v) is 5.17. The van der Waals surface area contributed by atoms with Crippen molar-refractivity contribution in [2.75, 3.05) is 27.2 Å². The molecule has 150 valence electrons. The van der Waals surface area contributed by atoms with Crippen LogP contribution in [0.3, 0.4) is 0 Å². The molecule has 1 aliphatic rings. The number of benzene rings is 1. The van der Waals surface area contributed by atoms with Crippen LogP contribution in [0.15, 0.2) is 39.9 Å². The van der Waals surface area contributed by atoms with Crippen LogP contribution in [0, 0.1) is 12.8 Å². The first-order valence-corrected chi connectivity index (χ1v) is 9.77. The van der Waals surface area contributed by atoms with Crippen LogP contribution in [-0.2, 0) is 11.3 Å². The van der Waals surface area contributed by atoms with E-state index in [-0.39, 0.29) is 5.91 Å². The minimum absolute atomic E-state index is 0.120. The number of aryl methyl sites for hydroxylation is 1. The molecule has 0 atom stereocenters. The van der Waals surface area contributed by atoms with E-state index in [0.717, 1.165) is 43.2 Å². The number of carbonyl (C=O) groups excluding carboxylic acids is 1. The summed E-state index contributed by atoms with van der Waals surface area (Å²) < 4.78 is 5.87. The predicted molar refractivity (Wildman–Crippen MR) is 110 cm³/mol. The van der Waals surface area contributed by atoms with Crippen molar-refractivity contribution < 1.29 is 9.21 Å². The number of carbonyl (C=O) groups is 1. The lowest BCUT2D eigenvalue weighted by molar-refractivity contribution is -0.121. The van der Waals surface area contributed by atoms with E-state index >= 15 is 0 Å². The predicted octanol–water partition coefficient (Wildman–Crippen LogP) is 2.57. The van der Waals surface area contributed by atoms with Crippen LogP contribution in [0.4, 0.5) is 0 Å². The molecule has 0 unspecified atom stereocenters. The van der Waals surface area contributed by atoms with Gasteiger partial charge in [0.1, 0.15) is 0 Å². The van der Waals surface area contributed by atoms with Crippen molar-refractivity contribution >= 4 is 11.9 Å². The normalized spacial score (nSPS) is 15.5. The number of likely N-dealkylation sites (tertiary alicyclic amines) is 1. The van der Waals surface area contributed by atoms with Crippen LogP contribution in [0.5, 0.6) is 0 Å². The second-order valence-electron chi connectivity index (χ2n) is 7.19. The fourth-order valence-corrected chi connectivity index (χ4v) is 3.44. The summed E-state index contributed by atoms with van der Waals surface area (Å²) in [5, 5.41) is 6.04. The molecule has 2 N–H and O–H groups in total. The molecule has 7 nitrogen and oxygen atoms in total. The van der Waals surface area contributed by atoms with Crippen molar-refractivity contribution in [2.45, 2.75) is 32.7 Å². The Kier molecular flexibility index (Phi) is 6.68. The maximum absolute atomic E-state index is 11.6. The lowest BCUT2D eigenvalue weighted by Gasteiger charge is -2.33. The molecule has 0 aliphatic carbocycles. The zero-order valence-electron chi connectivity index (χ0n) is 16.9. The highest BCUT2D eigenvalue weighted by Crippen LogP contribution is 2.22. The van der Waals surface area contributed by atoms with Crippen molar-refractivity contribution in [1.82, 2.24) is 20.5 Å². The summed E-state index contributed by atoms with van der Waals surface area (Å²) in [4.78, 5) is 22.5. The minimum Gasteiger partial charge on any atom is -0.439 e. The van der Waals surface area contributed by atoms with Gasteiger partial charge >= 0.3 is 0 Å². The molecule has 2 heterocycles. The molecular formula is C21H29N5O2. The number of guanidine groups is 1. The van der Waals surface area contributed by atoms with Crippen molar-refractivity contribution in [3.63, 3.8) is 0 Å². The van der Waals surface area contributed by atoms with Gasteiger partial charge in [0.25, 0.3) is 0 Å². The minimum atomic E-state index is 0.120. The van der Waals surface area contributed by atoms with E-state index in [1.54, 1.807) is 20.3 Å². The van der Waals surface area contributed by atoms with Crippen molar-refractivity contribution in [1.29, 1.82) is 0 Å². The van der Waals surface area contributed by atoms with E-state index in [1.807, 2.05) is 12.1 Å². The van der Waals surface area contributed by atoms with E-state index < -0.39 is 0 Å². The molecule has 1 fully saturated rings. The summed E-state index contributed by atoms with van der Waals surface area (Å²) in [5.74, 6) is 2.80. The second-order valence-corrected chi connectivity index (χ2v) is 7.19. The van der Waals surface area contributed by atoms with Gasteiger partial charge in [0.2, 0.25) is 11.8 Å². The van der Waals surface area contributed by atoms with Gasteiger partial charge in [0, 0.05) is 39.2 Å². The van der Waals surface area contributed by atoms with Gasteiger partial charge in [-0.15, -0.1) is 0 Å². The molecule has 0 bridgehead atoms. The summed E-state index contributed by atoms with van der Waals surface area (Å²) in [7, 11) is 3.47. The number of aliphatic imine (C=N–C) groups is 1. The molecule has 3 rings (SSSR count). The Morgan fingerprint density at radius 1 is 1.29 bits per heavy atom. The Hall–Kier alpha value is -2.83. The molecule has 28 heavy (non-hydrogen) atoms. The Bertz CT molecular complexity index is 804. The van der Waals surface area contributed by atoms with Crippen LogP contribution in [0.2, 0.25) is 0 Å². The molecule has 1 saturated heterocycles. The topological polar surface area (TPSA) is 82.8 Å². The van der Waals surface area contributed by atoms with Gasteiger partial charge in [-0.25, -0.2) is 4.98 Å². The third-order valence-electron chi connectivity index (χ3n) is 5.17. The average Bonchev–Trinajstić information content (AvgIpc) is 3.19. The first-order valence-electron chi connectivity index (χ1n) is 9.77. The Morgan fingerprint density at radius 2 is 2.00 bits per heavy atom. The van der Waals surface area contributed by atoms with Crippen LogP contribution >= 0.6 is 0 Å². The number of hydrogen-bond donors (Lipinski definition) is 2. The van der Waals surface area contributed by atoms with E-state index in [1.165, 1.54) is 5.56 Å². The summed E-state index contributed by atoms with van der Waals surface area (Å²) in [5.41, 5.74) is 2.24. The lowest BCUT2D eigenvalue weighted by atomic mass is 9.93. The van der Waals surface area contributed by atoms with Crippen LogP contribution in [-0.4, -0.2) is 48.9 Å². The van der Waals surface area contributed by atoms with Gasteiger partial charge in [0.15, 0.2) is 11.7 Å². The van der Waals surface area contributed by atoms with Gasteiger partial charge in [-0.05, 0) is 25.7 Å². The fraction of sp³-hybridized carbons (Fsp3) is 0.476. The van der Waals surface area contributed by atoms with Crippen LogP contribution < -0.4 is 10.6 Å². The average molecular weight is 383 g/mol.